The Morgan fingerprint density at radius 2 is 2.15 bits per heavy atom. The van der Waals surface area contributed by atoms with Crippen LogP contribution in [-0.4, -0.2) is 4.98 Å². The maximum atomic E-state index is 13.0. The van der Waals surface area contributed by atoms with Gasteiger partial charge >= 0.3 is 0 Å². The Morgan fingerprint density at radius 3 is 2.77 bits per heavy atom. The van der Waals surface area contributed by atoms with E-state index in [4.69, 9.17) is 4.42 Å². The Balaban J connectivity index is 2.49. The Labute approximate surface area is 82.5 Å². The number of halogens is 2. The van der Waals surface area contributed by atoms with Gasteiger partial charge in [-0.1, -0.05) is 0 Å². The van der Waals surface area contributed by atoms with E-state index in [0.29, 0.717) is 10.2 Å². The summed E-state index contributed by atoms with van der Waals surface area (Å²) in [7, 11) is 0. The SMILES string of the molecule is Fc1nc(-c2ccoc2)ccc1Br. The molecular formula is C9H5BrFNO. The summed E-state index contributed by atoms with van der Waals surface area (Å²) in [6.07, 6.45) is 3.05. The minimum Gasteiger partial charge on any atom is -0.472 e. The molecule has 0 unspecified atom stereocenters. The summed E-state index contributed by atoms with van der Waals surface area (Å²) in [4.78, 5) is 3.74. The van der Waals surface area contributed by atoms with E-state index < -0.39 is 5.95 Å². The molecule has 0 aliphatic carbocycles. The second-order valence-corrected chi connectivity index (χ2v) is 3.34. The molecule has 0 radical (unpaired) electrons. The third-order valence-electron chi connectivity index (χ3n) is 1.62. The Morgan fingerprint density at radius 1 is 1.31 bits per heavy atom. The second kappa shape index (κ2) is 3.30. The van der Waals surface area contributed by atoms with Crippen LogP contribution in [0.1, 0.15) is 0 Å². The van der Waals surface area contributed by atoms with Gasteiger partial charge in [0.1, 0.15) is 0 Å². The lowest BCUT2D eigenvalue weighted by atomic mass is 10.2. The minimum absolute atomic E-state index is 0.361. The molecule has 2 heterocycles. The highest BCUT2D eigenvalue weighted by Gasteiger charge is 2.04. The summed E-state index contributed by atoms with van der Waals surface area (Å²) in [5.74, 6) is -0.515. The van der Waals surface area contributed by atoms with E-state index >= 15 is 0 Å². The zero-order valence-corrected chi connectivity index (χ0v) is 8.08. The molecule has 0 atom stereocenters. The van der Waals surface area contributed by atoms with Gasteiger partial charge in [0.15, 0.2) is 0 Å². The van der Waals surface area contributed by atoms with Gasteiger partial charge in [-0.05, 0) is 34.1 Å². The largest absolute Gasteiger partial charge is 0.472 e. The fourth-order valence-electron chi connectivity index (χ4n) is 0.988. The molecule has 0 spiro atoms. The van der Waals surface area contributed by atoms with E-state index in [1.54, 1.807) is 18.2 Å². The van der Waals surface area contributed by atoms with E-state index in [1.165, 1.54) is 12.5 Å². The van der Waals surface area contributed by atoms with Crippen molar-refractivity contribution < 1.29 is 8.81 Å². The lowest BCUT2D eigenvalue weighted by Crippen LogP contribution is -1.87. The first-order valence-electron chi connectivity index (χ1n) is 3.62. The summed E-state index contributed by atoms with van der Waals surface area (Å²) in [6, 6.07) is 5.07. The fraction of sp³-hybridized carbons (Fsp3) is 0. The molecule has 0 aliphatic heterocycles. The van der Waals surface area contributed by atoms with Crippen LogP contribution in [0.4, 0.5) is 4.39 Å². The molecular weight excluding hydrogens is 237 g/mol. The van der Waals surface area contributed by atoms with E-state index in [-0.39, 0.29) is 0 Å². The molecule has 0 amide bonds. The molecule has 0 N–H and O–H groups in total. The number of nitrogens with zero attached hydrogens (tertiary/aromatic N) is 1. The third kappa shape index (κ3) is 1.62. The minimum atomic E-state index is -0.515. The average molecular weight is 242 g/mol. The van der Waals surface area contributed by atoms with Gasteiger partial charge in [0.2, 0.25) is 5.95 Å². The monoisotopic (exact) mass is 241 g/mol. The molecule has 66 valence electrons. The van der Waals surface area contributed by atoms with Crippen LogP contribution in [0.2, 0.25) is 0 Å². The van der Waals surface area contributed by atoms with Crippen molar-refractivity contribution in [1.82, 2.24) is 4.98 Å². The summed E-state index contributed by atoms with van der Waals surface area (Å²) in [5.41, 5.74) is 1.33. The fourth-order valence-corrected chi connectivity index (χ4v) is 1.21. The van der Waals surface area contributed by atoms with E-state index in [9.17, 15) is 4.39 Å². The van der Waals surface area contributed by atoms with E-state index in [2.05, 4.69) is 20.9 Å². The number of pyridine rings is 1. The predicted octanol–water partition coefficient (Wildman–Crippen LogP) is 3.24. The summed E-state index contributed by atoms with van der Waals surface area (Å²) in [5, 5.41) is 0. The second-order valence-electron chi connectivity index (χ2n) is 2.48. The molecule has 2 nitrogen and oxygen atoms in total. The first-order valence-corrected chi connectivity index (χ1v) is 4.41. The molecule has 2 aromatic heterocycles. The quantitative estimate of drug-likeness (QED) is 0.717. The maximum absolute atomic E-state index is 13.0. The number of rotatable bonds is 1. The van der Waals surface area contributed by atoms with Crippen LogP contribution in [0.5, 0.6) is 0 Å². The van der Waals surface area contributed by atoms with Gasteiger partial charge in [-0.3, -0.25) is 0 Å². The van der Waals surface area contributed by atoms with Crippen LogP contribution in [-0.2, 0) is 0 Å². The maximum Gasteiger partial charge on any atom is 0.227 e. The normalized spacial score (nSPS) is 10.3. The zero-order chi connectivity index (χ0) is 9.26. The standard InChI is InChI=1S/C9H5BrFNO/c10-7-1-2-8(12-9(7)11)6-3-4-13-5-6/h1-5H. The van der Waals surface area contributed by atoms with Crippen molar-refractivity contribution in [3.63, 3.8) is 0 Å². The van der Waals surface area contributed by atoms with Crippen LogP contribution in [0, 0.1) is 5.95 Å². The summed E-state index contributed by atoms with van der Waals surface area (Å²) < 4.78 is 18.2. The lowest BCUT2D eigenvalue weighted by molar-refractivity contribution is 0.566. The predicted molar refractivity (Wildman–Crippen MR) is 49.6 cm³/mol. The van der Waals surface area contributed by atoms with Crippen LogP contribution >= 0.6 is 15.9 Å². The Kier molecular flexibility index (Phi) is 2.14. The van der Waals surface area contributed by atoms with E-state index in [0.717, 1.165) is 5.56 Å². The molecule has 0 saturated heterocycles. The third-order valence-corrected chi connectivity index (χ3v) is 2.21. The Bertz CT molecular complexity index is 414. The van der Waals surface area contributed by atoms with Crippen molar-refractivity contribution in [2.75, 3.05) is 0 Å². The number of furan rings is 1. The molecule has 0 saturated carbocycles. The van der Waals surface area contributed by atoms with Crippen molar-refractivity contribution in [1.29, 1.82) is 0 Å². The number of aromatic nitrogens is 1. The molecule has 4 heteroatoms. The highest BCUT2D eigenvalue weighted by Crippen LogP contribution is 2.21. The summed E-state index contributed by atoms with van der Waals surface area (Å²) >= 11 is 3.03. The lowest BCUT2D eigenvalue weighted by Gasteiger charge is -1.97. The number of hydrogen-bond donors (Lipinski definition) is 0. The van der Waals surface area contributed by atoms with Crippen molar-refractivity contribution in [2.45, 2.75) is 0 Å². The smallest absolute Gasteiger partial charge is 0.227 e. The van der Waals surface area contributed by atoms with Gasteiger partial charge in [-0.25, -0.2) is 4.98 Å². The van der Waals surface area contributed by atoms with Crippen LogP contribution in [0.3, 0.4) is 0 Å². The van der Waals surface area contributed by atoms with Crippen molar-refractivity contribution in [3.8, 4) is 11.3 Å². The van der Waals surface area contributed by atoms with Crippen molar-refractivity contribution in [3.05, 3.63) is 41.1 Å². The molecule has 2 aromatic rings. The van der Waals surface area contributed by atoms with Gasteiger partial charge in [-0.2, -0.15) is 4.39 Å². The summed E-state index contributed by atoms with van der Waals surface area (Å²) in [6.45, 7) is 0. The molecule has 0 aliphatic rings. The molecule has 0 bridgehead atoms. The molecule has 0 fully saturated rings. The van der Waals surface area contributed by atoms with Gasteiger partial charge in [0.05, 0.1) is 22.7 Å². The van der Waals surface area contributed by atoms with Crippen molar-refractivity contribution >= 4 is 15.9 Å². The molecule has 13 heavy (non-hydrogen) atoms. The van der Waals surface area contributed by atoms with Crippen LogP contribution in [0.15, 0.2) is 39.6 Å². The van der Waals surface area contributed by atoms with E-state index in [1.807, 2.05) is 0 Å². The van der Waals surface area contributed by atoms with Crippen LogP contribution < -0.4 is 0 Å². The Hall–Kier alpha value is -1.16. The molecule has 0 aromatic carbocycles. The highest BCUT2D eigenvalue weighted by molar-refractivity contribution is 9.10. The highest BCUT2D eigenvalue weighted by atomic mass is 79.9. The first kappa shape index (κ1) is 8.44. The zero-order valence-electron chi connectivity index (χ0n) is 6.50. The van der Waals surface area contributed by atoms with Gasteiger partial charge in [0.25, 0.3) is 0 Å². The van der Waals surface area contributed by atoms with Crippen LogP contribution in [0.25, 0.3) is 11.3 Å². The molecule has 2 rings (SSSR count). The van der Waals surface area contributed by atoms with Gasteiger partial charge < -0.3 is 4.42 Å². The van der Waals surface area contributed by atoms with Gasteiger partial charge in [0, 0.05) is 5.56 Å². The first-order chi connectivity index (χ1) is 6.27. The van der Waals surface area contributed by atoms with Gasteiger partial charge in [-0.15, -0.1) is 0 Å². The van der Waals surface area contributed by atoms with Crippen molar-refractivity contribution in [2.24, 2.45) is 0 Å². The topological polar surface area (TPSA) is 26.0 Å². The average Bonchev–Trinajstić information content (AvgIpc) is 2.62. The number of hydrogen-bond acceptors (Lipinski definition) is 2.